The maximum atomic E-state index is 5.91. The molecular weight excluding hydrogens is 186 g/mol. The Hall–Kier alpha value is -1.25. The number of hydrogen-bond donors (Lipinski definition) is 1. The van der Waals surface area contributed by atoms with Gasteiger partial charge in [0.2, 0.25) is 0 Å². The van der Waals surface area contributed by atoms with E-state index >= 15 is 0 Å². The molecule has 2 heterocycles. The molecule has 1 aromatic heterocycles. The first-order chi connectivity index (χ1) is 7.31. The van der Waals surface area contributed by atoms with E-state index in [1.807, 2.05) is 12.3 Å². The minimum absolute atomic E-state index is 0.799. The predicted molar refractivity (Wildman–Crippen MR) is 63.9 cm³/mol. The van der Waals surface area contributed by atoms with Gasteiger partial charge in [0, 0.05) is 19.3 Å². The topological polar surface area (TPSA) is 42.2 Å². The van der Waals surface area contributed by atoms with Gasteiger partial charge in [0.25, 0.3) is 0 Å². The Bertz CT molecular complexity index is 316. The largest absolute Gasteiger partial charge is 0.396 e. The van der Waals surface area contributed by atoms with Crippen LogP contribution in [0.5, 0.6) is 0 Å². The molecule has 82 valence electrons. The Labute approximate surface area is 91.3 Å². The highest BCUT2D eigenvalue weighted by Crippen LogP contribution is 2.27. The van der Waals surface area contributed by atoms with Crippen molar-refractivity contribution >= 4 is 11.4 Å². The molecular formula is C12H19N3. The summed E-state index contributed by atoms with van der Waals surface area (Å²) in [5.41, 5.74) is 7.87. The van der Waals surface area contributed by atoms with E-state index in [1.54, 1.807) is 6.20 Å². The standard InChI is InChI=1S/C12H19N3/c1-2-10-4-7-15(8-5-10)12-3-6-14-9-11(12)13/h3,6,9-10H,2,4-5,7-8,13H2,1H3. The average Bonchev–Trinajstić information content (AvgIpc) is 2.30. The van der Waals surface area contributed by atoms with Crippen molar-refractivity contribution in [2.45, 2.75) is 26.2 Å². The summed E-state index contributed by atoms with van der Waals surface area (Å²) in [5.74, 6) is 0.907. The van der Waals surface area contributed by atoms with Gasteiger partial charge in [0.1, 0.15) is 0 Å². The minimum atomic E-state index is 0.799. The van der Waals surface area contributed by atoms with Crippen molar-refractivity contribution in [3.63, 3.8) is 0 Å². The molecule has 1 aromatic rings. The molecule has 1 aliphatic rings. The molecule has 0 aliphatic carbocycles. The summed E-state index contributed by atoms with van der Waals surface area (Å²) in [6.07, 6.45) is 7.44. The number of piperidine rings is 1. The summed E-state index contributed by atoms with van der Waals surface area (Å²) in [6, 6.07) is 2.02. The zero-order valence-corrected chi connectivity index (χ0v) is 9.32. The number of aromatic nitrogens is 1. The van der Waals surface area contributed by atoms with Gasteiger partial charge in [0.15, 0.2) is 0 Å². The molecule has 0 unspecified atom stereocenters. The van der Waals surface area contributed by atoms with E-state index in [0.717, 1.165) is 30.4 Å². The molecule has 0 radical (unpaired) electrons. The maximum Gasteiger partial charge on any atom is 0.0738 e. The SMILES string of the molecule is CCC1CCN(c2ccncc2N)CC1. The highest BCUT2D eigenvalue weighted by Gasteiger charge is 2.18. The van der Waals surface area contributed by atoms with Crippen LogP contribution in [-0.2, 0) is 0 Å². The lowest BCUT2D eigenvalue weighted by molar-refractivity contribution is 0.395. The second-order valence-corrected chi connectivity index (χ2v) is 4.27. The van der Waals surface area contributed by atoms with Gasteiger partial charge in [-0.05, 0) is 24.8 Å². The van der Waals surface area contributed by atoms with E-state index in [9.17, 15) is 0 Å². The lowest BCUT2D eigenvalue weighted by Gasteiger charge is -2.33. The summed E-state index contributed by atoms with van der Waals surface area (Å²) >= 11 is 0. The van der Waals surface area contributed by atoms with Crippen molar-refractivity contribution in [1.82, 2.24) is 4.98 Å². The van der Waals surface area contributed by atoms with Crippen LogP contribution in [0.15, 0.2) is 18.5 Å². The Kier molecular flexibility index (Phi) is 3.09. The van der Waals surface area contributed by atoms with Gasteiger partial charge in [-0.15, -0.1) is 0 Å². The summed E-state index contributed by atoms with van der Waals surface area (Å²) in [4.78, 5) is 6.40. The first-order valence-electron chi connectivity index (χ1n) is 5.75. The van der Waals surface area contributed by atoms with Crippen LogP contribution in [0.1, 0.15) is 26.2 Å². The van der Waals surface area contributed by atoms with Gasteiger partial charge < -0.3 is 10.6 Å². The molecule has 3 heteroatoms. The van der Waals surface area contributed by atoms with Crippen LogP contribution in [0.3, 0.4) is 0 Å². The van der Waals surface area contributed by atoms with Crippen LogP contribution in [-0.4, -0.2) is 18.1 Å². The number of rotatable bonds is 2. The zero-order chi connectivity index (χ0) is 10.7. The molecule has 0 atom stereocenters. The molecule has 2 rings (SSSR count). The fourth-order valence-electron chi connectivity index (χ4n) is 2.27. The highest BCUT2D eigenvalue weighted by atomic mass is 15.1. The van der Waals surface area contributed by atoms with E-state index in [0.29, 0.717) is 0 Å². The zero-order valence-electron chi connectivity index (χ0n) is 9.32. The second kappa shape index (κ2) is 4.51. The Morgan fingerprint density at radius 2 is 2.20 bits per heavy atom. The van der Waals surface area contributed by atoms with Crippen molar-refractivity contribution < 1.29 is 0 Å². The summed E-state index contributed by atoms with van der Waals surface area (Å²) in [6.45, 7) is 4.54. The molecule has 1 saturated heterocycles. The lowest BCUT2D eigenvalue weighted by atomic mass is 9.94. The fourth-order valence-corrected chi connectivity index (χ4v) is 2.27. The number of nitrogens with two attached hydrogens (primary N) is 1. The van der Waals surface area contributed by atoms with E-state index in [4.69, 9.17) is 5.73 Å². The van der Waals surface area contributed by atoms with Gasteiger partial charge >= 0.3 is 0 Å². The number of nitrogens with zero attached hydrogens (tertiary/aromatic N) is 2. The van der Waals surface area contributed by atoms with Gasteiger partial charge in [-0.1, -0.05) is 13.3 Å². The average molecular weight is 205 g/mol. The first kappa shape index (κ1) is 10.3. The first-order valence-corrected chi connectivity index (χ1v) is 5.75. The quantitative estimate of drug-likeness (QED) is 0.805. The van der Waals surface area contributed by atoms with Crippen molar-refractivity contribution in [2.75, 3.05) is 23.7 Å². The van der Waals surface area contributed by atoms with Crippen LogP contribution in [0.25, 0.3) is 0 Å². The summed E-state index contributed by atoms with van der Waals surface area (Å²) in [7, 11) is 0. The van der Waals surface area contributed by atoms with Crippen molar-refractivity contribution in [2.24, 2.45) is 5.92 Å². The van der Waals surface area contributed by atoms with Crippen LogP contribution < -0.4 is 10.6 Å². The molecule has 0 aromatic carbocycles. The van der Waals surface area contributed by atoms with E-state index in [1.165, 1.54) is 19.3 Å². The van der Waals surface area contributed by atoms with Crippen LogP contribution in [0.4, 0.5) is 11.4 Å². The third kappa shape index (κ3) is 2.22. The van der Waals surface area contributed by atoms with Gasteiger partial charge in [-0.25, -0.2) is 0 Å². The summed E-state index contributed by atoms with van der Waals surface area (Å²) < 4.78 is 0. The van der Waals surface area contributed by atoms with E-state index in [-0.39, 0.29) is 0 Å². The molecule has 0 spiro atoms. The summed E-state index contributed by atoms with van der Waals surface area (Å²) in [5, 5.41) is 0. The second-order valence-electron chi connectivity index (χ2n) is 4.27. The Balaban J connectivity index is 2.04. The molecule has 3 nitrogen and oxygen atoms in total. The predicted octanol–water partition coefficient (Wildman–Crippen LogP) is 2.29. The molecule has 2 N–H and O–H groups in total. The van der Waals surface area contributed by atoms with Crippen LogP contribution >= 0.6 is 0 Å². The van der Waals surface area contributed by atoms with E-state index in [2.05, 4.69) is 16.8 Å². The molecule has 15 heavy (non-hydrogen) atoms. The number of anilines is 2. The third-order valence-corrected chi connectivity index (χ3v) is 3.36. The van der Waals surface area contributed by atoms with Crippen LogP contribution in [0, 0.1) is 5.92 Å². The number of nitrogen functional groups attached to an aromatic ring is 1. The Morgan fingerprint density at radius 3 is 2.80 bits per heavy atom. The maximum absolute atomic E-state index is 5.91. The molecule has 0 bridgehead atoms. The normalized spacial score (nSPS) is 18.1. The Morgan fingerprint density at radius 1 is 1.47 bits per heavy atom. The smallest absolute Gasteiger partial charge is 0.0738 e. The molecule has 0 saturated carbocycles. The van der Waals surface area contributed by atoms with Gasteiger partial charge in [0.05, 0.1) is 17.6 Å². The monoisotopic (exact) mass is 205 g/mol. The number of hydrogen-bond acceptors (Lipinski definition) is 3. The van der Waals surface area contributed by atoms with Crippen molar-refractivity contribution in [1.29, 1.82) is 0 Å². The van der Waals surface area contributed by atoms with Crippen molar-refractivity contribution in [3.8, 4) is 0 Å². The van der Waals surface area contributed by atoms with Gasteiger partial charge in [-0.2, -0.15) is 0 Å². The molecule has 1 fully saturated rings. The van der Waals surface area contributed by atoms with E-state index < -0.39 is 0 Å². The van der Waals surface area contributed by atoms with Crippen molar-refractivity contribution in [3.05, 3.63) is 18.5 Å². The third-order valence-electron chi connectivity index (χ3n) is 3.36. The fraction of sp³-hybridized carbons (Fsp3) is 0.583. The highest BCUT2D eigenvalue weighted by molar-refractivity contribution is 5.66. The van der Waals surface area contributed by atoms with Crippen LogP contribution in [0.2, 0.25) is 0 Å². The number of pyridine rings is 1. The molecule has 0 amide bonds. The lowest BCUT2D eigenvalue weighted by Crippen LogP contribution is -2.33. The molecule has 1 aliphatic heterocycles. The minimum Gasteiger partial charge on any atom is -0.396 e. The van der Waals surface area contributed by atoms with Gasteiger partial charge in [-0.3, -0.25) is 4.98 Å².